The molecule has 1 aliphatic heterocycles. The number of carbonyl (C=O) groups is 1. The van der Waals surface area contributed by atoms with Crippen molar-refractivity contribution in [2.24, 2.45) is 5.92 Å². The molecule has 1 aromatic rings. The third-order valence-corrected chi connectivity index (χ3v) is 3.06. The van der Waals surface area contributed by atoms with Gasteiger partial charge in [0.15, 0.2) is 5.60 Å². The summed E-state index contributed by atoms with van der Waals surface area (Å²) >= 11 is 0. The van der Waals surface area contributed by atoms with Crippen molar-refractivity contribution in [2.75, 3.05) is 13.2 Å². The predicted molar refractivity (Wildman–Crippen MR) is 66.3 cm³/mol. The summed E-state index contributed by atoms with van der Waals surface area (Å²) in [5.74, 6) is -0.225. The van der Waals surface area contributed by atoms with Gasteiger partial charge >= 0.3 is 5.97 Å². The second-order valence-corrected chi connectivity index (χ2v) is 5.07. The van der Waals surface area contributed by atoms with Gasteiger partial charge < -0.3 is 14.6 Å². The summed E-state index contributed by atoms with van der Waals surface area (Å²) in [7, 11) is 0. The van der Waals surface area contributed by atoms with Gasteiger partial charge in [-0.1, -0.05) is 26.0 Å². The molecular weight excluding hydrogens is 232 g/mol. The lowest BCUT2D eigenvalue weighted by Gasteiger charge is -2.15. The fourth-order valence-corrected chi connectivity index (χ4v) is 1.79. The number of aromatic hydroxyl groups is 1. The molecule has 1 atom stereocenters. The van der Waals surface area contributed by atoms with Crippen molar-refractivity contribution in [3.05, 3.63) is 29.3 Å². The normalized spacial score (nSPS) is 22.0. The monoisotopic (exact) mass is 250 g/mol. The molecule has 1 saturated heterocycles. The van der Waals surface area contributed by atoms with Crippen molar-refractivity contribution in [3.63, 3.8) is 0 Å². The highest BCUT2D eigenvalue weighted by atomic mass is 16.6. The predicted octanol–water partition coefficient (Wildman–Crippen LogP) is 2.13. The van der Waals surface area contributed by atoms with Gasteiger partial charge in [0.1, 0.15) is 12.4 Å². The number of rotatable bonds is 4. The van der Waals surface area contributed by atoms with Crippen molar-refractivity contribution in [2.45, 2.75) is 26.4 Å². The van der Waals surface area contributed by atoms with Crippen molar-refractivity contribution in [1.29, 1.82) is 0 Å². The van der Waals surface area contributed by atoms with Gasteiger partial charge in [0, 0.05) is 5.56 Å². The van der Waals surface area contributed by atoms with E-state index in [0.717, 1.165) is 5.56 Å². The smallest absolute Gasteiger partial charge is 0.308 e. The number of hydrogen-bond acceptors (Lipinski definition) is 4. The van der Waals surface area contributed by atoms with Crippen LogP contribution in [0.15, 0.2) is 18.2 Å². The molecule has 0 bridgehead atoms. The largest absolute Gasteiger partial charge is 0.508 e. The summed E-state index contributed by atoms with van der Waals surface area (Å²) in [6.07, 6.45) is 0. The van der Waals surface area contributed by atoms with Crippen LogP contribution in [0.1, 0.15) is 25.0 Å². The average molecular weight is 250 g/mol. The molecule has 0 spiro atoms. The van der Waals surface area contributed by atoms with Crippen LogP contribution in [0, 0.1) is 12.8 Å². The molecule has 98 valence electrons. The average Bonchev–Trinajstić information content (AvgIpc) is 3.06. The maximum absolute atomic E-state index is 11.4. The first-order chi connectivity index (χ1) is 8.44. The molecule has 1 N–H and O–H groups in total. The van der Waals surface area contributed by atoms with Gasteiger partial charge in [-0.3, -0.25) is 4.79 Å². The van der Waals surface area contributed by atoms with Crippen LogP contribution in [0.5, 0.6) is 5.75 Å². The van der Waals surface area contributed by atoms with Gasteiger partial charge in [-0.25, -0.2) is 0 Å². The summed E-state index contributed by atoms with van der Waals surface area (Å²) in [5, 5.41) is 9.92. The van der Waals surface area contributed by atoms with Gasteiger partial charge in [0.2, 0.25) is 0 Å². The Morgan fingerprint density at radius 3 is 2.72 bits per heavy atom. The highest BCUT2D eigenvalue weighted by molar-refractivity contribution is 5.71. The van der Waals surface area contributed by atoms with E-state index in [-0.39, 0.29) is 24.2 Å². The molecule has 0 aliphatic carbocycles. The fourth-order valence-electron chi connectivity index (χ4n) is 1.79. The zero-order valence-corrected chi connectivity index (χ0v) is 10.9. The molecule has 0 unspecified atom stereocenters. The number of phenols is 1. The highest BCUT2D eigenvalue weighted by Gasteiger charge is 2.49. The number of hydrogen-bond donors (Lipinski definition) is 1. The van der Waals surface area contributed by atoms with E-state index in [1.807, 2.05) is 19.1 Å². The molecule has 18 heavy (non-hydrogen) atoms. The van der Waals surface area contributed by atoms with Gasteiger partial charge in [0.25, 0.3) is 0 Å². The van der Waals surface area contributed by atoms with Crippen LogP contribution in [0.4, 0.5) is 0 Å². The lowest BCUT2D eigenvalue weighted by Crippen LogP contribution is -2.22. The van der Waals surface area contributed by atoms with Crippen LogP contribution in [-0.4, -0.2) is 24.3 Å². The Morgan fingerprint density at radius 1 is 1.56 bits per heavy atom. The van der Waals surface area contributed by atoms with E-state index in [2.05, 4.69) is 0 Å². The Morgan fingerprint density at radius 2 is 2.22 bits per heavy atom. The van der Waals surface area contributed by atoms with Crippen LogP contribution >= 0.6 is 0 Å². The first-order valence-electron chi connectivity index (χ1n) is 6.05. The van der Waals surface area contributed by atoms with Crippen LogP contribution in [0.3, 0.4) is 0 Å². The first-order valence-corrected chi connectivity index (χ1v) is 6.05. The molecule has 1 heterocycles. The number of ether oxygens (including phenoxy) is 2. The highest BCUT2D eigenvalue weighted by Crippen LogP contribution is 2.43. The maximum Gasteiger partial charge on any atom is 0.308 e. The van der Waals surface area contributed by atoms with E-state index < -0.39 is 5.60 Å². The molecule has 4 heteroatoms. The molecule has 0 aromatic heterocycles. The Labute approximate surface area is 107 Å². The summed E-state index contributed by atoms with van der Waals surface area (Å²) in [5.41, 5.74) is 1.01. The van der Waals surface area contributed by atoms with E-state index in [4.69, 9.17) is 9.47 Å². The molecule has 2 rings (SSSR count). The molecule has 0 radical (unpaired) electrons. The SMILES string of the molecule is Cc1ccc([C@]2(COC(=O)C(C)C)CO2)c(O)c1. The van der Waals surface area contributed by atoms with Crippen LogP contribution < -0.4 is 0 Å². The summed E-state index contributed by atoms with van der Waals surface area (Å²) < 4.78 is 10.6. The van der Waals surface area contributed by atoms with Crippen molar-refractivity contribution < 1.29 is 19.4 Å². The number of epoxide rings is 1. The topological polar surface area (TPSA) is 59.1 Å². The van der Waals surface area contributed by atoms with E-state index in [9.17, 15) is 9.90 Å². The Hall–Kier alpha value is -1.55. The standard InChI is InChI=1S/C14H18O4/c1-9(2)13(16)17-7-14(8-18-14)11-5-4-10(3)6-12(11)15/h4-6,9,15H,7-8H2,1-3H3/t14-/m0/s1. The lowest BCUT2D eigenvalue weighted by atomic mass is 9.98. The number of phenolic OH excluding ortho intramolecular Hbond substituents is 1. The fraction of sp³-hybridized carbons (Fsp3) is 0.500. The van der Waals surface area contributed by atoms with Gasteiger partial charge in [-0.15, -0.1) is 0 Å². The number of esters is 1. The van der Waals surface area contributed by atoms with Crippen molar-refractivity contribution >= 4 is 5.97 Å². The maximum atomic E-state index is 11.4. The lowest BCUT2D eigenvalue weighted by molar-refractivity contribution is -0.149. The minimum absolute atomic E-state index is 0.153. The summed E-state index contributed by atoms with van der Waals surface area (Å²) in [6, 6.07) is 5.41. The zero-order valence-electron chi connectivity index (χ0n) is 10.9. The molecule has 1 aromatic carbocycles. The first kappa shape index (κ1) is 12.9. The van der Waals surface area contributed by atoms with E-state index in [0.29, 0.717) is 12.2 Å². The number of carbonyl (C=O) groups excluding carboxylic acids is 1. The Kier molecular flexibility index (Phi) is 3.30. The van der Waals surface area contributed by atoms with Crippen LogP contribution in [-0.2, 0) is 19.9 Å². The van der Waals surface area contributed by atoms with Gasteiger partial charge in [-0.2, -0.15) is 0 Å². The third-order valence-electron chi connectivity index (χ3n) is 3.06. The third kappa shape index (κ3) is 2.48. The molecule has 0 amide bonds. The second-order valence-electron chi connectivity index (χ2n) is 5.07. The summed E-state index contributed by atoms with van der Waals surface area (Å²) in [6.45, 7) is 6.09. The van der Waals surface area contributed by atoms with Crippen molar-refractivity contribution in [1.82, 2.24) is 0 Å². The van der Waals surface area contributed by atoms with E-state index in [1.54, 1.807) is 19.9 Å². The van der Waals surface area contributed by atoms with Gasteiger partial charge in [-0.05, 0) is 18.6 Å². The number of benzene rings is 1. The van der Waals surface area contributed by atoms with Crippen LogP contribution in [0.2, 0.25) is 0 Å². The molecule has 1 fully saturated rings. The van der Waals surface area contributed by atoms with Crippen LogP contribution in [0.25, 0.3) is 0 Å². The van der Waals surface area contributed by atoms with E-state index in [1.165, 1.54) is 0 Å². The molecule has 0 saturated carbocycles. The minimum atomic E-state index is -0.650. The quantitative estimate of drug-likeness (QED) is 0.657. The molecular formula is C14H18O4. The molecule has 1 aliphatic rings. The number of aryl methyl sites for hydroxylation is 1. The van der Waals surface area contributed by atoms with E-state index >= 15 is 0 Å². The zero-order chi connectivity index (χ0) is 13.3. The second kappa shape index (κ2) is 4.61. The Balaban J connectivity index is 2.10. The van der Waals surface area contributed by atoms with Crippen molar-refractivity contribution in [3.8, 4) is 5.75 Å². The minimum Gasteiger partial charge on any atom is -0.508 e. The Bertz CT molecular complexity index is 461. The van der Waals surface area contributed by atoms with Gasteiger partial charge in [0.05, 0.1) is 12.5 Å². The summed E-state index contributed by atoms with van der Waals surface area (Å²) in [4.78, 5) is 11.4. The molecule has 4 nitrogen and oxygen atoms in total.